The van der Waals surface area contributed by atoms with E-state index in [0.29, 0.717) is 11.1 Å². The Morgan fingerprint density at radius 2 is 1.39 bits per heavy atom. The van der Waals surface area contributed by atoms with E-state index >= 15 is 0 Å². The first-order chi connectivity index (χ1) is 20.8. The normalized spacial score (nSPS) is 12.7. The van der Waals surface area contributed by atoms with Crippen molar-refractivity contribution < 1.29 is 7.16 Å². The predicted octanol–water partition coefficient (Wildman–Crippen LogP) is 10.3. The molecule has 3 heteroatoms. The van der Waals surface area contributed by atoms with Crippen LogP contribution in [-0.2, 0) is 6.37 Å². The van der Waals surface area contributed by atoms with E-state index in [4.69, 9.17) is 12.1 Å². The average molecular weight is 535 g/mol. The molecule has 0 aliphatic rings. The van der Waals surface area contributed by atoms with Crippen LogP contribution in [-0.4, -0.2) is 9.55 Å². The Labute approximate surface area is 243 Å². The van der Waals surface area contributed by atoms with Crippen molar-refractivity contribution >= 4 is 22.0 Å². The zero-order valence-electron chi connectivity index (χ0n) is 25.4. The van der Waals surface area contributed by atoms with Gasteiger partial charge in [0.2, 0.25) is 0 Å². The van der Waals surface area contributed by atoms with E-state index in [0.717, 1.165) is 55.7 Å². The van der Waals surface area contributed by atoms with E-state index in [2.05, 4.69) is 78.2 Å². The molecule has 0 aliphatic carbocycles. The van der Waals surface area contributed by atoms with Gasteiger partial charge in [-0.05, 0) is 77.9 Å². The van der Waals surface area contributed by atoms with Gasteiger partial charge >= 0.3 is 0 Å². The molecule has 0 aliphatic heterocycles. The van der Waals surface area contributed by atoms with Crippen molar-refractivity contribution in [3.8, 4) is 39.3 Å². The van der Waals surface area contributed by atoms with E-state index in [1.165, 1.54) is 5.56 Å². The van der Waals surface area contributed by atoms with Crippen LogP contribution in [0.1, 0.15) is 27.7 Å². The molecule has 0 amide bonds. The van der Waals surface area contributed by atoms with E-state index in [1.807, 2.05) is 62.4 Å². The van der Waals surface area contributed by atoms with Gasteiger partial charge in [-0.1, -0.05) is 92.7 Å². The average Bonchev–Trinajstić information content (AvgIpc) is 3.62. The first kappa shape index (κ1) is 22.9. The number of para-hydroxylation sites is 2. The van der Waals surface area contributed by atoms with Crippen molar-refractivity contribution in [3.63, 3.8) is 0 Å². The van der Waals surface area contributed by atoms with Gasteiger partial charge in [-0.2, -0.15) is 0 Å². The Balaban J connectivity index is 1.60. The van der Waals surface area contributed by atoms with E-state index in [-0.39, 0.29) is 5.92 Å². The summed E-state index contributed by atoms with van der Waals surface area (Å²) in [5.74, 6) is 0.569. The second-order valence-electron chi connectivity index (χ2n) is 10.9. The standard InChI is InChI=1S/C38H32N2O/c1-25(2)20-27-18-19-36-32(23-27)33(24-41-36)38-39-34-16-10-11-17-35(34)40(38)37-30(28-12-6-4-7-13-28)21-26(3)22-31(37)29-14-8-5-9-15-29/h4-19,21-25H,20H2,1-3H3/i20D2. The van der Waals surface area contributed by atoms with Crippen LogP contribution in [0.4, 0.5) is 0 Å². The summed E-state index contributed by atoms with van der Waals surface area (Å²) >= 11 is 0. The number of hydrogen-bond donors (Lipinski definition) is 0. The summed E-state index contributed by atoms with van der Waals surface area (Å²) < 4.78 is 25.9. The van der Waals surface area contributed by atoms with Crippen molar-refractivity contribution in [1.82, 2.24) is 9.55 Å². The molecule has 0 atom stereocenters. The zero-order valence-corrected chi connectivity index (χ0v) is 23.4. The third kappa shape index (κ3) is 4.54. The number of hydrogen-bond acceptors (Lipinski definition) is 2. The summed E-state index contributed by atoms with van der Waals surface area (Å²) in [5, 5.41) is 0.841. The lowest BCUT2D eigenvalue weighted by atomic mass is 9.93. The molecule has 2 aromatic heterocycles. The van der Waals surface area contributed by atoms with Gasteiger partial charge in [-0.25, -0.2) is 4.98 Å². The first-order valence-corrected chi connectivity index (χ1v) is 14.1. The zero-order chi connectivity index (χ0) is 29.7. The first-order valence-electron chi connectivity index (χ1n) is 15.1. The summed E-state index contributed by atoms with van der Waals surface area (Å²) in [5.41, 5.74) is 10.7. The number of nitrogens with zero attached hydrogens (tertiary/aromatic N) is 2. The predicted molar refractivity (Wildman–Crippen MR) is 170 cm³/mol. The number of aryl methyl sites for hydroxylation is 1. The minimum Gasteiger partial charge on any atom is -0.464 e. The molecule has 5 aromatic carbocycles. The molecule has 7 rings (SSSR count). The minimum absolute atomic E-state index is 0.181. The van der Waals surface area contributed by atoms with Crippen molar-refractivity contribution in [2.45, 2.75) is 27.1 Å². The molecule has 41 heavy (non-hydrogen) atoms. The van der Waals surface area contributed by atoms with E-state index < -0.39 is 6.37 Å². The van der Waals surface area contributed by atoms with Gasteiger partial charge in [0, 0.05) is 19.3 Å². The molecule has 0 spiro atoms. The van der Waals surface area contributed by atoms with Gasteiger partial charge < -0.3 is 4.42 Å². The van der Waals surface area contributed by atoms with Crippen molar-refractivity contribution in [2.75, 3.05) is 0 Å². The van der Waals surface area contributed by atoms with Crippen LogP contribution < -0.4 is 0 Å². The maximum Gasteiger partial charge on any atom is 0.149 e. The lowest BCUT2D eigenvalue weighted by molar-refractivity contribution is 0.615. The quantitative estimate of drug-likeness (QED) is 0.212. The molecule has 0 radical (unpaired) electrons. The number of imidazole rings is 1. The highest BCUT2D eigenvalue weighted by Crippen LogP contribution is 2.42. The van der Waals surface area contributed by atoms with Crippen LogP contribution in [0.2, 0.25) is 0 Å². The fourth-order valence-corrected chi connectivity index (χ4v) is 5.75. The highest BCUT2D eigenvalue weighted by Gasteiger charge is 2.24. The topological polar surface area (TPSA) is 31.0 Å². The highest BCUT2D eigenvalue weighted by atomic mass is 16.3. The van der Waals surface area contributed by atoms with Gasteiger partial charge in [-0.3, -0.25) is 4.57 Å². The van der Waals surface area contributed by atoms with Crippen LogP contribution in [0.15, 0.2) is 126 Å². The Bertz CT molecular complexity index is 2030. The summed E-state index contributed by atoms with van der Waals surface area (Å²) in [6, 6.07) is 39.3. The molecule has 7 aromatic rings. The number of benzene rings is 5. The van der Waals surface area contributed by atoms with Gasteiger partial charge in [0.05, 0.1) is 22.3 Å². The largest absolute Gasteiger partial charge is 0.464 e. The molecule has 0 saturated carbocycles. The number of furan rings is 1. The van der Waals surface area contributed by atoms with Crippen LogP contribution in [0, 0.1) is 12.8 Å². The molecular formula is C38H32N2O. The summed E-state index contributed by atoms with van der Waals surface area (Å²) in [6.07, 6.45) is 0.274. The number of fused-ring (bicyclic) bond motifs is 2. The molecule has 0 saturated heterocycles. The Kier molecular flexibility index (Phi) is 5.72. The maximum absolute atomic E-state index is 8.77. The molecule has 2 heterocycles. The van der Waals surface area contributed by atoms with Crippen LogP contribution in [0.5, 0.6) is 0 Å². The van der Waals surface area contributed by atoms with Crippen LogP contribution >= 0.6 is 0 Å². The summed E-state index contributed by atoms with van der Waals surface area (Å²) in [4.78, 5) is 5.21. The second kappa shape index (κ2) is 10.3. The van der Waals surface area contributed by atoms with Gasteiger partial charge in [0.1, 0.15) is 17.7 Å². The van der Waals surface area contributed by atoms with Gasteiger partial charge in [-0.15, -0.1) is 0 Å². The maximum atomic E-state index is 8.77. The molecule has 0 unspecified atom stereocenters. The molecule has 0 fully saturated rings. The third-order valence-electron chi connectivity index (χ3n) is 7.48. The van der Waals surface area contributed by atoms with E-state index in [9.17, 15) is 0 Å². The van der Waals surface area contributed by atoms with E-state index in [1.54, 1.807) is 6.26 Å². The van der Waals surface area contributed by atoms with Crippen molar-refractivity contribution in [3.05, 3.63) is 133 Å². The lowest BCUT2D eigenvalue weighted by Crippen LogP contribution is -2.04. The smallest absolute Gasteiger partial charge is 0.149 e. The van der Waals surface area contributed by atoms with Crippen LogP contribution in [0.3, 0.4) is 0 Å². The fourth-order valence-electron chi connectivity index (χ4n) is 5.75. The minimum atomic E-state index is -1.49. The van der Waals surface area contributed by atoms with Crippen molar-refractivity contribution in [1.29, 1.82) is 0 Å². The lowest BCUT2D eigenvalue weighted by Gasteiger charge is -2.20. The summed E-state index contributed by atoms with van der Waals surface area (Å²) in [6.45, 7) is 5.96. The number of rotatable bonds is 6. The molecule has 200 valence electrons. The molecular weight excluding hydrogens is 500 g/mol. The second-order valence-corrected chi connectivity index (χ2v) is 10.9. The fraction of sp³-hybridized carbons (Fsp3) is 0.132. The highest BCUT2D eigenvalue weighted by molar-refractivity contribution is 5.98. The van der Waals surface area contributed by atoms with Gasteiger partial charge in [0.25, 0.3) is 0 Å². The molecule has 3 nitrogen and oxygen atoms in total. The SMILES string of the molecule is [2H]C([2H])(c1ccc2occ(-c3nc4ccccc4n3-c3c(-c4ccccc4)cc(C)cc3-c3ccccc3)c2c1)C(C)C. The molecule has 0 N–H and O–H groups in total. The Morgan fingerprint density at radius 3 is 2.05 bits per heavy atom. The number of aromatic nitrogens is 2. The van der Waals surface area contributed by atoms with Crippen LogP contribution in [0.25, 0.3) is 61.3 Å². The summed E-state index contributed by atoms with van der Waals surface area (Å²) in [7, 11) is 0. The molecule has 0 bridgehead atoms. The van der Waals surface area contributed by atoms with Gasteiger partial charge in [0.15, 0.2) is 0 Å². The Morgan fingerprint density at radius 1 is 0.756 bits per heavy atom. The Hall–Kier alpha value is -4.89. The van der Waals surface area contributed by atoms with Crippen molar-refractivity contribution in [2.24, 2.45) is 5.92 Å². The third-order valence-corrected chi connectivity index (χ3v) is 7.48. The monoisotopic (exact) mass is 534 g/mol.